The summed E-state index contributed by atoms with van der Waals surface area (Å²) in [6.07, 6.45) is 0. The number of aliphatic hydroxyl groups is 2. The molecule has 1 saturated heterocycles. The van der Waals surface area contributed by atoms with Crippen LogP contribution in [0.1, 0.15) is 15.9 Å². The van der Waals surface area contributed by atoms with Gasteiger partial charge in [-0.2, -0.15) is 0 Å². The molecule has 1 aromatic carbocycles. The monoisotopic (exact) mass is 306 g/mol. The van der Waals surface area contributed by atoms with Crippen LogP contribution in [0.15, 0.2) is 24.3 Å². The van der Waals surface area contributed by atoms with Gasteiger partial charge in [0, 0.05) is 44.3 Å². The average Bonchev–Trinajstić information content (AvgIpc) is 2.90. The Balaban J connectivity index is 2.01. The largest absolute Gasteiger partial charge is 0.396 e. The molecule has 0 saturated carbocycles. The Morgan fingerprint density at radius 3 is 2.45 bits per heavy atom. The van der Waals surface area contributed by atoms with E-state index in [1.54, 1.807) is 0 Å². The van der Waals surface area contributed by atoms with E-state index < -0.39 is 0 Å². The van der Waals surface area contributed by atoms with Gasteiger partial charge in [-0.15, -0.1) is 0 Å². The average molecular weight is 306 g/mol. The van der Waals surface area contributed by atoms with E-state index in [1.165, 1.54) is 0 Å². The quantitative estimate of drug-likeness (QED) is 0.808. The molecule has 5 nitrogen and oxygen atoms in total. The van der Waals surface area contributed by atoms with Gasteiger partial charge in [0.15, 0.2) is 0 Å². The van der Waals surface area contributed by atoms with E-state index >= 15 is 0 Å². The lowest BCUT2D eigenvalue weighted by molar-refractivity contribution is 0.0779. The fourth-order valence-electron chi connectivity index (χ4n) is 3.06. The van der Waals surface area contributed by atoms with Crippen molar-refractivity contribution < 1.29 is 15.0 Å². The number of nitrogens with zero attached hydrogens (tertiary/aromatic N) is 2. The summed E-state index contributed by atoms with van der Waals surface area (Å²) in [6.45, 7) is 4.87. The van der Waals surface area contributed by atoms with Crippen LogP contribution in [0.3, 0.4) is 0 Å². The minimum Gasteiger partial charge on any atom is -0.396 e. The van der Waals surface area contributed by atoms with Gasteiger partial charge in [0.2, 0.25) is 0 Å². The predicted molar refractivity (Wildman–Crippen MR) is 85.7 cm³/mol. The highest BCUT2D eigenvalue weighted by Gasteiger charge is 2.35. The number of carbonyl (C=O) groups is 1. The number of rotatable bonds is 6. The molecule has 122 valence electrons. The van der Waals surface area contributed by atoms with Crippen molar-refractivity contribution in [2.45, 2.75) is 6.92 Å². The SMILES string of the molecule is Cc1ccc(C(=O)N2C[C@@H](CN(C)CCO)[C@@H](CO)C2)cc1. The standard InChI is InChI=1S/C17H26N2O3/c1-13-3-5-14(6-4-13)17(22)19-10-15(16(11-19)12-21)9-18(2)7-8-20/h3-6,15-16,20-21H,7-12H2,1-2H3/t15-,16-/m1/s1. The first-order valence-corrected chi connectivity index (χ1v) is 7.81. The van der Waals surface area contributed by atoms with Gasteiger partial charge in [0.05, 0.1) is 6.61 Å². The first-order chi connectivity index (χ1) is 10.5. The number of benzene rings is 1. The Bertz CT molecular complexity index is 489. The van der Waals surface area contributed by atoms with Crippen molar-refractivity contribution in [3.8, 4) is 0 Å². The number of likely N-dealkylation sites (tertiary alicyclic amines) is 1. The van der Waals surface area contributed by atoms with Gasteiger partial charge in [0.1, 0.15) is 0 Å². The van der Waals surface area contributed by atoms with Gasteiger partial charge in [-0.1, -0.05) is 17.7 Å². The lowest BCUT2D eigenvalue weighted by Gasteiger charge is -2.23. The first kappa shape index (κ1) is 16.9. The van der Waals surface area contributed by atoms with Gasteiger partial charge in [-0.25, -0.2) is 0 Å². The van der Waals surface area contributed by atoms with Crippen LogP contribution in [-0.2, 0) is 0 Å². The minimum absolute atomic E-state index is 0.0331. The van der Waals surface area contributed by atoms with E-state index in [0.29, 0.717) is 25.2 Å². The third-order valence-electron chi connectivity index (χ3n) is 4.42. The summed E-state index contributed by atoms with van der Waals surface area (Å²) in [5.74, 6) is 0.386. The van der Waals surface area contributed by atoms with E-state index in [-0.39, 0.29) is 31.0 Å². The lowest BCUT2D eigenvalue weighted by atomic mass is 9.96. The summed E-state index contributed by atoms with van der Waals surface area (Å²) in [7, 11) is 1.95. The van der Waals surface area contributed by atoms with Crippen LogP contribution in [-0.4, -0.2) is 72.4 Å². The Morgan fingerprint density at radius 1 is 1.23 bits per heavy atom. The van der Waals surface area contributed by atoms with Gasteiger partial charge < -0.3 is 20.0 Å². The van der Waals surface area contributed by atoms with Crippen LogP contribution < -0.4 is 0 Å². The number of hydrogen-bond donors (Lipinski definition) is 2. The second kappa shape index (κ2) is 7.72. The third kappa shape index (κ3) is 4.06. The summed E-state index contributed by atoms with van der Waals surface area (Å²) in [4.78, 5) is 16.5. The predicted octanol–water partition coefficient (Wildman–Crippen LogP) is 0.600. The molecule has 0 unspecified atom stereocenters. The van der Waals surface area contributed by atoms with E-state index in [9.17, 15) is 9.90 Å². The second-order valence-corrected chi connectivity index (χ2v) is 6.26. The molecule has 1 heterocycles. The van der Waals surface area contributed by atoms with Gasteiger partial charge >= 0.3 is 0 Å². The lowest BCUT2D eigenvalue weighted by Crippen LogP contribution is -2.33. The number of likely N-dealkylation sites (N-methyl/N-ethyl adjacent to an activating group) is 1. The van der Waals surface area contributed by atoms with Gasteiger partial charge in [0.25, 0.3) is 5.91 Å². The Morgan fingerprint density at radius 2 is 1.86 bits per heavy atom. The Labute approximate surface area is 132 Å². The third-order valence-corrected chi connectivity index (χ3v) is 4.42. The molecular formula is C17H26N2O3. The minimum atomic E-state index is 0.0331. The van der Waals surface area contributed by atoms with E-state index in [0.717, 1.165) is 12.1 Å². The molecule has 1 aliphatic rings. The number of hydrogen-bond acceptors (Lipinski definition) is 4. The molecule has 2 rings (SSSR count). The number of amides is 1. The molecule has 0 spiro atoms. The fourth-order valence-corrected chi connectivity index (χ4v) is 3.06. The summed E-state index contributed by atoms with van der Waals surface area (Å²) >= 11 is 0. The molecule has 22 heavy (non-hydrogen) atoms. The smallest absolute Gasteiger partial charge is 0.253 e. The highest BCUT2D eigenvalue weighted by atomic mass is 16.3. The summed E-state index contributed by atoms with van der Waals surface area (Å²) in [6, 6.07) is 7.60. The van der Waals surface area contributed by atoms with E-state index in [2.05, 4.69) is 0 Å². The van der Waals surface area contributed by atoms with Crippen LogP contribution in [0.25, 0.3) is 0 Å². The molecule has 0 bridgehead atoms. The molecule has 1 aromatic rings. The second-order valence-electron chi connectivity index (χ2n) is 6.26. The molecule has 1 amide bonds. The molecule has 0 aromatic heterocycles. The van der Waals surface area contributed by atoms with Crippen LogP contribution in [0, 0.1) is 18.8 Å². The van der Waals surface area contributed by atoms with Crippen LogP contribution >= 0.6 is 0 Å². The highest BCUT2D eigenvalue weighted by Crippen LogP contribution is 2.25. The van der Waals surface area contributed by atoms with Crippen LogP contribution in [0.2, 0.25) is 0 Å². The molecule has 0 radical (unpaired) electrons. The maximum atomic E-state index is 12.6. The van der Waals surface area contributed by atoms with Crippen molar-refractivity contribution in [3.63, 3.8) is 0 Å². The van der Waals surface area contributed by atoms with Crippen molar-refractivity contribution in [2.24, 2.45) is 11.8 Å². The van der Waals surface area contributed by atoms with Crippen molar-refractivity contribution in [2.75, 3.05) is 46.4 Å². The zero-order chi connectivity index (χ0) is 16.1. The molecular weight excluding hydrogens is 280 g/mol. The van der Waals surface area contributed by atoms with Crippen molar-refractivity contribution in [3.05, 3.63) is 35.4 Å². The molecule has 5 heteroatoms. The van der Waals surface area contributed by atoms with Crippen molar-refractivity contribution >= 4 is 5.91 Å². The normalized spacial score (nSPS) is 21.6. The molecule has 1 aliphatic heterocycles. The molecule has 2 N–H and O–H groups in total. The van der Waals surface area contributed by atoms with Gasteiger partial charge in [-0.3, -0.25) is 4.79 Å². The van der Waals surface area contributed by atoms with Crippen LogP contribution in [0.4, 0.5) is 0 Å². The number of aryl methyl sites for hydroxylation is 1. The maximum absolute atomic E-state index is 12.6. The molecule has 1 fully saturated rings. The maximum Gasteiger partial charge on any atom is 0.253 e. The number of aliphatic hydroxyl groups excluding tert-OH is 2. The summed E-state index contributed by atoms with van der Waals surface area (Å²) in [5.41, 5.74) is 1.83. The summed E-state index contributed by atoms with van der Waals surface area (Å²) < 4.78 is 0. The van der Waals surface area contributed by atoms with E-state index in [4.69, 9.17) is 5.11 Å². The number of carbonyl (C=O) groups excluding carboxylic acids is 1. The molecule has 2 atom stereocenters. The topological polar surface area (TPSA) is 64.0 Å². The fraction of sp³-hybridized carbons (Fsp3) is 0.588. The zero-order valence-electron chi connectivity index (χ0n) is 13.4. The van der Waals surface area contributed by atoms with Gasteiger partial charge in [-0.05, 0) is 32.0 Å². The van der Waals surface area contributed by atoms with E-state index in [1.807, 2.05) is 48.0 Å². The highest BCUT2D eigenvalue weighted by molar-refractivity contribution is 5.94. The Kier molecular flexibility index (Phi) is 5.94. The van der Waals surface area contributed by atoms with Crippen molar-refractivity contribution in [1.29, 1.82) is 0 Å². The van der Waals surface area contributed by atoms with Crippen molar-refractivity contribution in [1.82, 2.24) is 9.80 Å². The Hall–Kier alpha value is -1.43. The summed E-state index contributed by atoms with van der Waals surface area (Å²) in [5, 5.41) is 18.6. The molecule has 0 aliphatic carbocycles. The van der Waals surface area contributed by atoms with Crippen LogP contribution in [0.5, 0.6) is 0 Å². The first-order valence-electron chi connectivity index (χ1n) is 7.81. The zero-order valence-corrected chi connectivity index (χ0v) is 13.4.